The number of nitrogens with zero attached hydrogens (tertiary/aromatic N) is 5. The molecule has 0 radical (unpaired) electrons. The van der Waals surface area contributed by atoms with Crippen molar-refractivity contribution in [2.75, 3.05) is 25.9 Å². The summed E-state index contributed by atoms with van der Waals surface area (Å²) in [7, 11) is 1.34. The number of carbonyl (C=O) groups is 11. The van der Waals surface area contributed by atoms with Crippen LogP contribution in [-0.4, -0.2) is 184 Å². The van der Waals surface area contributed by atoms with Crippen LogP contribution < -0.4 is 53.6 Å². The largest absolute Gasteiger partial charge is 0.390 e. The van der Waals surface area contributed by atoms with E-state index in [-0.39, 0.29) is 63.1 Å². The number of nitrogens with one attached hydrogen (secondary N) is 9. The zero-order valence-corrected chi connectivity index (χ0v) is 59.0. The Labute approximate surface area is 563 Å². The van der Waals surface area contributed by atoms with Crippen molar-refractivity contribution in [3.05, 3.63) is 42.4 Å². The molecule has 528 valence electrons. The SMILES string of the molecule is CC=CCC(C)CC1NC(=O)C(C(C)C)NC(=O)C2CC(C)N(C(=O)C(C)NC(=O)C(CC(C)C)NC(=O)C(C(C)C)NC(=O)C(C(C)OCCCC=NOCc3ccc(-c4cnc(N)s4)cn3)N(C)C(=O)CNC(=O)C(CC)NC1=O)C(C)C(=O)NC(CC(C)C)C(=O)N2. The molecule has 0 spiro atoms. The molecule has 13 atom stereocenters. The highest BCUT2D eigenvalue weighted by Gasteiger charge is 2.42. The maximum atomic E-state index is 14.9. The predicted octanol–water partition coefficient (Wildman–Crippen LogP) is 3.15. The van der Waals surface area contributed by atoms with Gasteiger partial charge in [0.05, 0.1) is 23.2 Å². The fraction of sp³-hybridized carbons (Fsp3) is 0.667. The zero-order chi connectivity index (χ0) is 71.0. The van der Waals surface area contributed by atoms with Gasteiger partial charge in [0.25, 0.3) is 0 Å². The lowest BCUT2D eigenvalue weighted by Gasteiger charge is -2.39. The fourth-order valence-electron chi connectivity index (χ4n) is 11.1. The topological polar surface area (TPSA) is 385 Å². The Bertz CT molecular complexity index is 2990. The molecule has 2 aromatic rings. The Kier molecular flexibility index (Phi) is 32.1. The second-order valence-electron chi connectivity index (χ2n) is 26.4. The predicted molar refractivity (Wildman–Crippen MR) is 361 cm³/mol. The van der Waals surface area contributed by atoms with Crippen molar-refractivity contribution in [3.63, 3.8) is 0 Å². The minimum atomic E-state index is -1.43. The van der Waals surface area contributed by atoms with Crippen LogP contribution >= 0.6 is 11.3 Å². The van der Waals surface area contributed by atoms with Gasteiger partial charge in [-0.3, -0.25) is 57.7 Å². The summed E-state index contributed by atoms with van der Waals surface area (Å²) in [5.74, 6) is -9.99. The number of fused-ring (bicyclic) bond motifs is 3. The van der Waals surface area contributed by atoms with Gasteiger partial charge < -0.3 is 73.0 Å². The Morgan fingerprint density at radius 1 is 0.674 bits per heavy atom. The fourth-order valence-corrected chi connectivity index (χ4v) is 11.7. The number of nitrogen functional groups attached to an aromatic ring is 1. The van der Waals surface area contributed by atoms with Gasteiger partial charge in [-0.05, 0) is 122 Å². The molecule has 13 unspecified atom stereocenters. The summed E-state index contributed by atoms with van der Waals surface area (Å²) in [5.41, 5.74) is 7.27. The third-order valence-corrected chi connectivity index (χ3v) is 17.4. The van der Waals surface area contributed by atoms with Gasteiger partial charge in [0.1, 0.15) is 60.4 Å². The van der Waals surface area contributed by atoms with Crippen molar-refractivity contribution in [1.82, 2.24) is 67.6 Å². The van der Waals surface area contributed by atoms with Crippen molar-refractivity contribution < 1.29 is 62.3 Å². The molecule has 0 saturated carbocycles. The number of pyridine rings is 1. The molecule has 2 aliphatic rings. The normalized spacial score (nSPS) is 25.9. The molecule has 28 nitrogen and oxygen atoms in total. The van der Waals surface area contributed by atoms with Gasteiger partial charge in [-0.1, -0.05) is 104 Å². The number of amides is 11. The molecule has 2 fully saturated rings. The first kappa shape index (κ1) is 79.4. The number of rotatable bonds is 21. The summed E-state index contributed by atoms with van der Waals surface area (Å²) in [6.07, 6.45) is 9.02. The Morgan fingerprint density at radius 2 is 1.24 bits per heavy atom. The lowest BCUT2D eigenvalue weighted by Crippen LogP contribution is -2.65. The molecule has 11 N–H and O–H groups in total. The molecular formula is C66H105N15O13S. The number of unbranched alkanes of at least 4 members (excludes halogenated alkanes) is 1. The molecule has 95 heavy (non-hydrogen) atoms. The van der Waals surface area contributed by atoms with Crippen molar-refractivity contribution in [2.24, 2.45) is 34.7 Å². The first-order chi connectivity index (χ1) is 44.8. The van der Waals surface area contributed by atoms with E-state index < -0.39 is 156 Å². The summed E-state index contributed by atoms with van der Waals surface area (Å²) < 4.78 is 6.21. The Balaban J connectivity index is 1.74. The highest BCUT2D eigenvalue weighted by Crippen LogP contribution is 2.27. The van der Waals surface area contributed by atoms with Gasteiger partial charge in [-0.15, -0.1) is 0 Å². The first-order valence-corrected chi connectivity index (χ1v) is 33.9. The van der Waals surface area contributed by atoms with E-state index in [0.717, 1.165) is 15.3 Å². The molecule has 0 aliphatic carbocycles. The van der Waals surface area contributed by atoms with Gasteiger partial charge in [-0.25, -0.2) is 4.98 Å². The third kappa shape index (κ3) is 24.6. The molecule has 29 heteroatoms. The number of hydrogen-bond donors (Lipinski definition) is 10. The Hall–Kier alpha value is -8.08. The number of likely N-dealkylation sites (N-methyl/N-ethyl adjacent to an activating group) is 1. The molecule has 0 aromatic carbocycles. The highest BCUT2D eigenvalue weighted by atomic mass is 32.1. The quantitative estimate of drug-likeness (QED) is 0.0371. The average Bonchev–Trinajstić information content (AvgIpc) is 1.29. The summed E-state index contributed by atoms with van der Waals surface area (Å²) in [6.45, 7) is 25.0. The maximum Gasteiger partial charge on any atom is 0.246 e. The molecule has 2 saturated heterocycles. The summed E-state index contributed by atoms with van der Waals surface area (Å²) in [4.78, 5) is 176. The smallest absolute Gasteiger partial charge is 0.246 e. The van der Waals surface area contributed by atoms with Crippen LogP contribution in [-0.2, 0) is 68.9 Å². The van der Waals surface area contributed by atoms with Gasteiger partial charge >= 0.3 is 0 Å². The Morgan fingerprint density at radius 3 is 1.79 bits per heavy atom. The number of nitrogens with two attached hydrogens (primary N) is 1. The van der Waals surface area contributed by atoms with Gasteiger partial charge in [0.2, 0.25) is 65.0 Å². The first-order valence-electron chi connectivity index (χ1n) is 33.1. The maximum absolute atomic E-state index is 14.9. The van der Waals surface area contributed by atoms with E-state index >= 15 is 0 Å². The number of anilines is 1. The molecular weight excluding hydrogens is 1240 g/mol. The highest BCUT2D eigenvalue weighted by molar-refractivity contribution is 7.18. The minimum Gasteiger partial charge on any atom is -0.390 e. The molecule has 11 amide bonds. The van der Waals surface area contributed by atoms with Gasteiger partial charge in [0, 0.05) is 43.9 Å². The summed E-state index contributed by atoms with van der Waals surface area (Å²) in [5, 5.41) is 29.3. The van der Waals surface area contributed by atoms with Crippen molar-refractivity contribution in [2.45, 2.75) is 234 Å². The lowest BCUT2D eigenvalue weighted by atomic mass is 9.95. The molecule has 4 rings (SSSR count). The number of oxime groups is 1. The van der Waals surface area contributed by atoms with E-state index in [1.165, 1.54) is 37.1 Å². The summed E-state index contributed by atoms with van der Waals surface area (Å²) >= 11 is 1.35. The number of hydrogen-bond acceptors (Lipinski definition) is 18. The van der Waals surface area contributed by atoms with E-state index in [2.05, 4.69) is 63.0 Å². The van der Waals surface area contributed by atoms with Crippen LogP contribution in [0.25, 0.3) is 10.4 Å². The molecule has 2 aliphatic heterocycles. The minimum absolute atomic E-state index is 0.0379. The second-order valence-corrected chi connectivity index (χ2v) is 27.4. The number of thiazole rings is 1. The van der Waals surface area contributed by atoms with Crippen molar-refractivity contribution >= 4 is 87.7 Å². The van der Waals surface area contributed by atoms with Gasteiger partial charge in [0.15, 0.2) is 11.7 Å². The van der Waals surface area contributed by atoms with Crippen LogP contribution in [0.4, 0.5) is 5.13 Å². The van der Waals surface area contributed by atoms with Crippen LogP contribution in [0.5, 0.6) is 0 Å². The number of ether oxygens (including phenoxy) is 1. The van der Waals surface area contributed by atoms with Crippen LogP contribution in [0.2, 0.25) is 0 Å². The van der Waals surface area contributed by atoms with Crippen molar-refractivity contribution in [3.8, 4) is 10.4 Å². The lowest BCUT2D eigenvalue weighted by molar-refractivity contribution is -0.147. The average molecular weight is 1350 g/mol. The third-order valence-electron chi connectivity index (χ3n) is 16.5. The van der Waals surface area contributed by atoms with Crippen molar-refractivity contribution in [1.29, 1.82) is 0 Å². The second kappa shape index (κ2) is 38.5. The van der Waals surface area contributed by atoms with Crippen LogP contribution in [0, 0.1) is 29.6 Å². The monoisotopic (exact) mass is 1350 g/mol. The van der Waals surface area contributed by atoms with Crippen LogP contribution in [0.3, 0.4) is 0 Å². The number of carbonyl (C=O) groups excluding carboxylic acids is 11. The van der Waals surface area contributed by atoms with E-state index in [1.54, 1.807) is 73.1 Å². The van der Waals surface area contributed by atoms with E-state index in [1.807, 2.05) is 59.8 Å². The molecule has 2 bridgehead atoms. The molecule has 4 heterocycles. The summed E-state index contributed by atoms with van der Waals surface area (Å²) in [6, 6.07) is -10.3. The number of aromatic nitrogens is 2. The molecule has 2 aromatic heterocycles. The van der Waals surface area contributed by atoms with Crippen LogP contribution in [0.1, 0.15) is 161 Å². The standard InChI is InChI=1S/C66H105N15O13S/c1-17-19-22-39(11)29-49-60(87)73-46(18-2)57(84)69-33-52(82)80(16)55(43(15)93-26-21-20-25-71-94-34-45-24-23-44(31-68-45)51-32-70-66(67)95-51)64(91)79-54(38(9)10)63(90)76-47(27-35(3)4)58(85)72-41(13)65(92)81-40(12)30-50(61(88)78-53(37(7)8)62(89)77-49)75-59(86)48(28-36(5)6)74-56(83)42(81)14/h17,19,23-25,31-32,35-43,46-50,53-55H,18,20-22,26-30,33-34H2,1-16H3,(H2,67,70)(H,69,84)(H,72,85)(H,73,87)(H,74,83)(H,75,86)(H,76,90)(H,77,89)(H,78,88)(H,79,91). The number of allylic oxidation sites excluding steroid dienone is 2. The van der Waals surface area contributed by atoms with Crippen LogP contribution in [0.15, 0.2) is 41.8 Å². The van der Waals surface area contributed by atoms with E-state index in [0.29, 0.717) is 30.1 Å². The van der Waals surface area contributed by atoms with E-state index in [4.69, 9.17) is 15.3 Å². The van der Waals surface area contributed by atoms with E-state index in [9.17, 15) is 52.7 Å². The van der Waals surface area contributed by atoms with Gasteiger partial charge in [-0.2, -0.15) is 0 Å². The zero-order valence-electron chi connectivity index (χ0n) is 58.2.